The molecule has 0 radical (unpaired) electrons. The van der Waals surface area contributed by atoms with Crippen molar-refractivity contribution in [2.45, 2.75) is 19.4 Å². The van der Waals surface area contributed by atoms with E-state index in [0.29, 0.717) is 47.8 Å². The van der Waals surface area contributed by atoms with Crippen molar-refractivity contribution in [3.63, 3.8) is 0 Å². The van der Waals surface area contributed by atoms with Gasteiger partial charge in [-0.3, -0.25) is 9.59 Å². The van der Waals surface area contributed by atoms with Gasteiger partial charge >= 0.3 is 0 Å². The molecule has 0 saturated carbocycles. The topological polar surface area (TPSA) is 67.2 Å². The summed E-state index contributed by atoms with van der Waals surface area (Å²) in [5, 5.41) is 4.53. The van der Waals surface area contributed by atoms with Gasteiger partial charge in [-0.05, 0) is 54.6 Å². The van der Waals surface area contributed by atoms with Crippen molar-refractivity contribution >= 4 is 33.4 Å². The Bertz CT molecular complexity index is 1440. The molecule has 2 aromatic carbocycles. The average Bonchev–Trinajstić information content (AvgIpc) is 3.33. The number of fused-ring (bicyclic) bond motifs is 1. The van der Waals surface area contributed by atoms with Gasteiger partial charge in [0.2, 0.25) is 11.9 Å². The van der Waals surface area contributed by atoms with Gasteiger partial charge in [0.1, 0.15) is 22.2 Å². The van der Waals surface area contributed by atoms with Crippen molar-refractivity contribution in [2.75, 3.05) is 18.0 Å². The second-order valence-corrected chi connectivity index (χ2v) is 9.29. The lowest BCUT2D eigenvalue weighted by atomic mass is 9.96. The lowest BCUT2D eigenvalue weighted by Gasteiger charge is -2.33. The summed E-state index contributed by atoms with van der Waals surface area (Å²) >= 11 is 1.30. The Morgan fingerprint density at radius 3 is 2.46 bits per heavy atom. The molecule has 4 aromatic rings. The van der Waals surface area contributed by atoms with Gasteiger partial charge in [0.15, 0.2) is 0 Å². The first-order chi connectivity index (χ1) is 16.9. The third-order valence-electron chi connectivity index (χ3n) is 6.16. The third-order valence-corrected chi connectivity index (χ3v) is 7.06. The van der Waals surface area contributed by atoms with Crippen molar-refractivity contribution in [3.8, 4) is 5.69 Å². The highest BCUT2D eigenvalue weighted by molar-refractivity contribution is 7.17. The number of nitrogens with zero attached hydrogens (tertiary/aromatic N) is 3. The van der Waals surface area contributed by atoms with Crippen LogP contribution in [0.5, 0.6) is 0 Å². The summed E-state index contributed by atoms with van der Waals surface area (Å²) in [6.45, 7) is 0.935. The van der Waals surface area contributed by atoms with Gasteiger partial charge in [0.05, 0.1) is 11.2 Å². The van der Waals surface area contributed by atoms with Crippen LogP contribution in [0.25, 0.3) is 15.9 Å². The number of hydrogen-bond acceptors (Lipinski definition) is 5. The summed E-state index contributed by atoms with van der Waals surface area (Å²) in [4.78, 5) is 32.6. The quantitative estimate of drug-likeness (QED) is 0.443. The highest BCUT2D eigenvalue weighted by Crippen LogP contribution is 2.27. The van der Waals surface area contributed by atoms with E-state index in [9.17, 15) is 22.8 Å². The van der Waals surface area contributed by atoms with E-state index in [0.717, 1.165) is 12.1 Å². The SMILES string of the molecule is O=C(NCc1ccc(F)cc1F)C1CCN(c2nc3ccsc3c(=O)n2-c2ccc(F)cc2)CC1. The second-order valence-electron chi connectivity index (χ2n) is 8.38. The number of hydrogen-bond donors (Lipinski definition) is 1. The van der Waals surface area contributed by atoms with E-state index < -0.39 is 17.5 Å². The Balaban J connectivity index is 1.33. The van der Waals surface area contributed by atoms with Gasteiger partial charge in [0.25, 0.3) is 5.56 Å². The number of rotatable bonds is 5. The van der Waals surface area contributed by atoms with E-state index in [4.69, 9.17) is 4.98 Å². The number of nitrogens with one attached hydrogen (secondary N) is 1. The lowest BCUT2D eigenvalue weighted by Crippen LogP contribution is -2.42. The molecule has 3 heterocycles. The maximum absolute atomic E-state index is 13.8. The molecular weight excluding hydrogens is 477 g/mol. The molecule has 5 rings (SSSR count). The van der Waals surface area contributed by atoms with Crippen LogP contribution in [0.1, 0.15) is 18.4 Å². The Morgan fingerprint density at radius 1 is 1.03 bits per heavy atom. The monoisotopic (exact) mass is 498 g/mol. The first kappa shape index (κ1) is 23.1. The number of halogens is 3. The number of piperidine rings is 1. The predicted octanol–water partition coefficient (Wildman–Crippen LogP) is 4.40. The van der Waals surface area contributed by atoms with Crippen LogP contribution >= 0.6 is 11.3 Å². The molecule has 2 aromatic heterocycles. The summed E-state index contributed by atoms with van der Waals surface area (Å²) in [6, 6.07) is 10.7. The molecule has 1 N–H and O–H groups in total. The van der Waals surface area contributed by atoms with Gasteiger partial charge in [-0.25, -0.2) is 22.7 Å². The van der Waals surface area contributed by atoms with Crippen LogP contribution in [0.15, 0.2) is 58.7 Å². The Kier molecular flexibility index (Phi) is 6.29. The molecule has 6 nitrogen and oxygen atoms in total. The number of carbonyl (C=O) groups is 1. The van der Waals surface area contributed by atoms with Crippen molar-refractivity contribution in [3.05, 3.63) is 87.3 Å². The zero-order valence-corrected chi connectivity index (χ0v) is 19.3. The van der Waals surface area contributed by atoms with Crippen LogP contribution in [-0.4, -0.2) is 28.5 Å². The molecule has 180 valence electrons. The maximum Gasteiger partial charge on any atom is 0.277 e. The van der Waals surface area contributed by atoms with Crippen molar-refractivity contribution in [2.24, 2.45) is 5.92 Å². The van der Waals surface area contributed by atoms with E-state index in [-0.39, 0.29) is 29.5 Å². The standard InChI is InChI=1S/C25H21F3N4O2S/c26-17-3-5-19(6-4-17)32-24(34)22-21(9-12-35-22)30-25(32)31-10-7-15(8-11-31)23(33)29-14-16-1-2-18(27)13-20(16)28/h1-6,9,12-13,15H,7-8,10-11,14H2,(H,29,33). The van der Waals surface area contributed by atoms with E-state index in [1.165, 1.54) is 46.2 Å². The van der Waals surface area contributed by atoms with Gasteiger partial charge < -0.3 is 10.2 Å². The van der Waals surface area contributed by atoms with Crippen molar-refractivity contribution < 1.29 is 18.0 Å². The number of aromatic nitrogens is 2. The third kappa shape index (κ3) is 4.66. The van der Waals surface area contributed by atoms with E-state index >= 15 is 0 Å². The van der Waals surface area contributed by atoms with Crippen LogP contribution in [0, 0.1) is 23.4 Å². The molecular formula is C25H21F3N4O2S. The van der Waals surface area contributed by atoms with Crippen LogP contribution in [0.4, 0.5) is 19.1 Å². The minimum Gasteiger partial charge on any atom is -0.352 e. The average molecular weight is 499 g/mol. The van der Waals surface area contributed by atoms with E-state index in [1.54, 1.807) is 11.4 Å². The smallest absolute Gasteiger partial charge is 0.277 e. The maximum atomic E-state index is 13.8. The first-order valence-electron chi connectivity index (χ1n) is 11.1. The lowest BCUT2D eigenvalue weighted by molar-refractivity contribution is -0.125. The molecule has 35 heavy (non-hydrogen) atoms. The Labute approximate surface area is 202 Å². The largest absolute Gasteiger partial charge is 0.352 e. The number of thiophene rings is 1. The molecule has 1 aliphatic heterocycles. The summed E-state index contributed by atoms with van der Waals surface area (Å²) in [5.41, 5.74) is 1.09. The number of carbonyl (C=O) groups excluding carboxylic acids is 1. The summed E-state index contributed by atoms with van der Waals surface area (Å²) in [7, 11) is 0. The fourth-order valence-electron chi connectivity index (χ4n) is 4.27. The molecule has 10 heteroatoms. The number of benzene rings is 2. The van der Waals surface area contributed by atoms with Gasteiger partial charge in [0, 0.05) is 37.2 Å². The highest BCUT2D eigenvalue weighted by Gasteiger charge is 2.28. The first-order valence-corrected chi connectivity index (χ1v) is 12.0. The molecule has 0 bridgehead atoms. The Hall–Kier alpha value is -3.66. The molecule has 0 spiro atoms. The normalized spacial score (nSPS) is 14.4. The van der Waals surface area contributed by atoms with Crippen molar-refractivity contribution in [1.82, 2.24) is 14.9 Å². The van der Waals surface area contributed by atoms with Crippen LogP contribution in [0.3, 0.4) is 0 Å². The highest BCUT2D eigenvalue weighted by atomic mass is 32.1. The van der Waals surface area contributed by atoms with Crippen molar-refractivity contribution in [1.29, 1.82) is 0 Å². The molecule has 0 unspecified atom stereocenters. The van der Waals surface area contributed by atoms with Crippen LogP contribution in [0.2, 0.25) is 0 Å². The number of amides is 1. The van der Waals surface area contributed by atoms with Gasteiger partial charge in [-0.1, -0.05) is 6.07 Å². The fraction of sp³-hybridized carbons (Fsp3) is 0.240. The molecule has 0 aliphatic carbocycles. The van der Waals surface area contributed by atoms with Crippen LogP contribution < -0.4 is 15.8 Å². The van der Waals surface area contributed by atoms with E-state index in [1.807, 2.05) is 4.90 Å². The molecule has 1 amide bonds. The second kappa shape index (κ2) is 9.53. The molecule has 1 saturated heterocycles. The summed E-state index contributed by atoms with van der Waals surface area (Å²) in [5.74, 6) is -1.82. The van der Waals surface area contributed by atoms with Gasteiger partial charge in [-0.2, -0.15) is 0 Å². The van der Waals surface area contributed by atoms with E-state index in [2.05, 4.69) is 5.32 Å². The van der Waals surface area contributed by atoms with Crippen LogP contribution in [-0.2, 0) is 11.3 Å². The fourth-order valence-corrected chi connectivity index (χ4v) is 5.03. The zero-order chi connectivity index (χ0) is 24.5. The van der Waals surface area contributed by atoms with Gasteiger partial charge in [-0.15, -0.1) is 11.3 Å². The summed E-state index contributed by atoms with van der Waals surface area (Å²) < 4.78 is 42.4. The minimum atomic E-state index is -0.700. The number of anilines is 1. The molecule has 1 fully saturated rings. The molecule has 0 atom stereocenters. The zero-order valence-electron chi connectivity index (χ0n) is 18.5. The summed E-state index contributed by atoms with van der Waals surface area (Å²) in [6.07, 6.45) is 1.03. The molecule has 1 aliphatic rings. The predicted molar refractivity (Wildman–Crippen MR) is 128 cm³/mol. The minimum absolute atomic E-state index is 0.0222. The Morgan fingerprint density at radius 2 is 1.74 bits per heavy atom.